The van der Waals surface area contributed by atoms with Gasteiger partial charge in [-0.25, -0.2) is 0 Å². The SMILES string of the molecule is Cc1ccc(Cl)c(NC(=O)C[NH2+][C@H](C)c2ccc(Cl)cc2)c1Cl. The summed E-state index contributed by atoms with van der Waals surface area (Å²) in [6, 6.07) is 11.3. The van der Waals surface area contributed by atoms with Crippen LogP contribution in [0, 0.1) is 6.92 Å². The summed E-state index contributed by atoms with van der Waals surface area (Å²) in [5, 5.41) is 6.32. The largest absolute Gasteiger partial charge is 0.333 e. The smallest absolute Gasteiger partial charge is 0.279 e. The van der Waals surface area contributed by atoms with E-state index in [1.165, 1.54) is 0 Å². The third kappa shape index (κ3) is 4.85. The first-order chi connectivity index (χ1) is 10.9. The van der Waals surface area contributed by atoms with Gasteiger partial charge in [-0.2, -0.15) is 0 Å². The Balaban J connectivity index is 1.95. The van der Waals surface area contributed by atoms with Crippen LogP contribution in [-0.4, -0.2) is 12.5 Å². The maximum absolute atomic E-state index is 12.1. The zero-order valence-corrected chi connectivity index (χ0v) is 15.1. The van der Waals surface area contributed by atoms with Crippen LogP contribution in [0.3, 0.4) is 0 Å². The molecule has 6 heteroatoms. The molecule has 1 atom stereocenters. The van der Waals surface area contributed by atoms with E-state index in [1.807, 2.05) is 49.5 Å². The number of hydrogen-bond donors (Lipinski definition) is 2. The monoisotopic (exact) mass is 371 g/mol. The number of carbonyl (C=O) groups is 1. The molecule has 0 spiro atoms. The van der Waals surface area contributed by atoms with Crippen molar-refractivity contribution in [3.63, 3.8) is 0 Å². The lowest BCUT2D eigenvalue weighted by Crippen LogP contribution is -2.86. The van der Waals surface area contributed by atoms with Crippen LogP contribution < -0.4 is 10.6 Å². The minimum Gasteiger partial charge on any atom is -0.333 e. The Kier molecular flexibility index (Phi) is 6.31. The summed E-state index contributed by atoms with van der Waals surface area (Å²) in [7, 11) is 0. The van der Waals surface area contributed by atoms with Crippen LogP contribution in [0.15, 0.2) is 36.4 Å². The fraction of sp³-hybridized carbons (Fsp3) is 0.235. The van der Waals surface area contributed by atoms with E-state index in [-0.39, 0.29) is 18.5 Å². The number of rotatable bonds is 5. The van der Waals surface area contributed by atoms with Gasteiger partial charge in [0.25, 0.3) is 5.91 Å². The summed E-state index contributed by atoms with van der Waals surface area (Å²) in [6.45, 7) is 4.16. The van der Waals surface area contributed by atoms with Crippen molar-refractivity contribution >= 4 is 46.4 Å². The molecule has 0 aliphatic rings. The summed E-state index contributed by atoms with van der Waals surface area (Å²) in [6.07, 6.45) is 0. The van der Waals surface area contributed by atoms with Gasteiger partial charge in [-0.05, 0) is 37.6 Å². The van der Waals surface area contributed by atoms with Crippen molar-refractivity contribution in [1.29, 1.82) is 0 Å². The third-order valence-corrected chi connectivity index (χ3v) is 4.66. The standard InChI is InChI=1S/C17H17Cl3N2O/c1-10-3-8-14(19)17(16(10)20)22-15(23)9-21-11(2)12-4-6-13(18)7-5-12/h3-8,11,21H,9H2,1-2H3,(H,22,23)/p+1/t11-/m1/s1. The highest BCUT2D eigenvalue weighted by atomic mass is 35.5. The number of amides is 1. The molecule has 0 aliphatic heterocycles. The summed E-state index contributed by atoms with van der Waals surface area (Å²) in [5.74, 6) is -0.153. The molecular weight excluding hydrogens is 355 g/mol. The van der Waals surface area contributed by atoms with Gasteiger partial charge in [0, 0.05) is 10.6 Å². The number of anilines is 1. The van der Waals surface area contributed by atoms with Crippen LogP contribution >= 0.6 is 34.8 Å². The van der Waals surface area contributed by atoms with Crippen molar-refractivity contribution in [3.8, 4) is 0 Å². The molecule has 0 aromatic heterocycles. The number of hydrogen-bond acceptors (Lipinski definition) is 1. The van der Waals surface area contributed by atoms with Crippen molar-refractivity contribution in [2.75, 3.05) is 11.9 Å². The summed E-state index contributed by atoms with van der Waals surface area (Å²) in [4.78, 5) is 12.1. The molecule has 2 aromatic carbocycles. The van der Waals surface area contributed by atoms with Crippen LogP contribution in [0.5, 0.6) is 0 Å². The van der Waals surface area contributed by atoms with Gasteiger partial charge in [0.1, 0.15) is 6.04 Å². The average molecular weight is 373 g/mol. The van der Waals surface area contributed by atoms with Gasteiger partial charge >= 0.3 is 0 Å². The second kappa shape index (κ2) is 8.02. The lowest BCUT2D eigenvalue weighted by atomic mass is 10.1. The first-order valence-electron chi connectivity index (χ1n) is 7.21. The van der Waals surface area contributed by atoms with E-state index in [9.17, 15) is 4.79 Å². The number of quaternary nitrogens is 1. The Hall–Kier alpha value is -1.26. The summed E-state index contributed by atoms with van der Waals surface area (Å²) >= 11 is 18.2. The summed E-state index contributed by atoms with van der Waals surface area (Å²) in [5.41, 5.74) is 2.43. The van der Waals surface area contributed by atoms with Gasteiger partial charge in [-0.3, -0.25) is 4.79 Å². The van der Waals surface area contributed by atoms with E-state index in [1.54, 1.807) is 6.07 Å². The molecule has 0 saturated heterocycles. The molecule has 0 unspecified atom stereocenters. The molecule has 0 radical (unpaired) electrons. The van der Waals surface area contributed by atoms with Gasteiger partial charge in [0.05, 0.1) is 15.7 Å². The van der Waals surface area contributed by atoms with Gasteiger partial charge in [0.15, 0.2) is 6.54 Å². The predicted octanol–water partition coefficient (Wildman–Crippen LogP) is 4.22. The molecule has 3 nitrogen and oxygen atoms in total. The van der Waals surface area contributed by atoms with E-state index in [2.05, 4.69) is 5.32 Å². The fourth-order valence-electron chi connectivity index (χ4n) is 2.15. The minimum absolute atomic E-state index is 0.140. The molecule has 1 amide bonds. The summed E-state index contributed by atoms with van der Waals surface area (Å²) < 4.78 is 0. The number of benzene rings is 2. The number of nitrogens with one attached hydrogen (secondary N) is 1. The maximum atomic E-state index is 12.1. The number of halogens is 3. The van der Waals surface area contributed by atoms with E-state index >= 15 is 0 Å². The van der Waals surface area contributed by atoms with Gasteiger partial charge < -0.3 is 10.6 Å². The predicted molar refractivity (Wildman–Crippen MR) is 96.5 cm³/mol. The molecular formula is C17H18Cl3N2O+. The van der Waals surface area contributed by atoms with Crippen molar-refractivity contribution in [2.24, 2.45) is 0 Å². The molecule has 0 saturated carbocycles. The Morgan fingerprint density at radius 1 is 1.13 bits per heavy atom. The highest BCUT2D eigenvalue weighted by molar-refractivity contribution is 6.40. The molecule has 2 aromatic rings. The lowest BCUT2D eigenvalue weighted by Gasteiger charge is -2.13. The first-order valence-corrected chi connectivity index (χ1v) is 8.35. The van der Waals surface area contributed by atoms with Gasteiger partial charge in [0.2, 0.25) is 0 Å². The van der Waals surface area contributed by atoms with Crippen LogP contribution in [0.4, 0.5) is 5.69 Å². The molecule has 3 N–H and O–H groups in total. The molecule has 0 bridgehead atoms. The quantitative estimate of drug-likeness (QED) is 0.811. The highest BCUT2D eigenvalue weighted by Crippen LogP contribution is 2.32. The van der Waals surface area contributed by atoms with Crippen molar-refractivity contribution < 1.29 is 10.1 Å². The van der Waals surface area contributed by atoms with Crippen molar-refractivity contribution in [3.05, 3.63) is 62.6 Å². The topological polar surface area (TPSA) is 45.7 Å². The van der Waals surface area contributed by atoms with Gasteiger partial charge in [-0.1, -0.05) is 53.0 Å². The number of carbonyl (C=O) groups excluding carboxylic acids is 1. The Morgan fingerprint density at radius 3 is 2.43 bits per heavy atom. The highest BCUT2D eigenvalue weighted by Gasteiger charge is 2.15. The molecule has 0 fully saturated rings. The van der Waals surface area contributed by atoms with Crippen molar-refractivity contribution in [1.82, 2.24) is 0 Å². The number of nitrogens with two attached hydrogens (primary N) is 1. The van der Waals surface area contributed by atoms with E-state index in [0.29, 0.717) is 20.8 Å². The van der Waals surface area contributed by atoms with Crippen molar-refractivity contribution in [2.45, 2.75) is 19.9 Å². The Labute approximate surface area is 150 Å². The molecule has 23 heavy (non-hydrogen) atoms. The minimum atomic E-state index is -0.153. The normalized spacial score (nSPS) is 12.0. The maximum Gasteiger partial charge on any atom is 0.279 e. The lowest BCUT2D eigenvalue weighted by molar-refractivity contribution is -0.682. The van der Waals surface area contributed by atoms with E-state index in [0.717, 1.165) is 11.1 Å². The Morgan fingerprint density at radius 2 is 1.78 bits per heavy atom. The fourth-order valence-corrected chi connectivity index (χ4v) is 2.74. The second-order valence-electron chi connectivity index (χ2n) is 5.38. The van der Waals surface area contributed by atoms with E-state index < -0.39 is 0 Å². The van der Waals surface area contributed by atoms with Crippen LogP contribution in [0.1, 0.15) is 24.1 Å². The van der Waals surface area contributed by atoms with Crippen LogP contribution in [0.2, 0.25) is 15.1 Å². The molecule has 122 valence electrons. The number of aryl methyl sites for hydroxylation is 1. The molecule has 2 rings (SSSR count). The van der Waals surface area contributed by atoms with Gasteiger partial charge in [-0.15, -0.1) is 0 Å². The Bertz CT molecular complexity index is 702. The van der Waals surface area contributed by atoms with Crippen LogP contribution in [0.25, 0.3) is 0 Å². The van der Waals surface area contributed by atoms with E-state index in [4.69, 9.17) is 34.8 Å². The average Bonchev–Trinajstić information content (AvgIpc) is 2.53. The zero-order chi connectivity index (χ0) is 17.0. The zero-order valence-electron chi connectivity index (χ0n) is 12.9. The third-order valence-electron chi connectivity index (χ3n) is 3.60. The first kappa shape index (κ1) is 18.1. The second-order valence-corrected chi connectivity index (χ2v) is 6.60. The molecule has 0 aliphatic carbocycles. The molecule has 0 heterocycles. The van der Waals surface area contributed by atoms with Crippen LogP contribution in [-0.2, 0) is 4.79 Å².